The molecule has 1 fully saturated rings. The van der Waals surface area contributed by atoms with Crippen LogP contribution in [0, 0.1) is 0 Å². The molecule has 2 unspecified atom stereocenters. The predicted molar refractivity (Wildman–Crippen MR) is 66.8 cm³/mol. The molecule has 1 aliphatic rings. The Labute approximate surface area is 101 Å². The van der Waals surface area contributed by atoms with Gasteiger partial charge in [-0.3, -0.25) is 0 Å². The van der Waals surface area contributed by atoms with E-state index in [1.54, 1.807) is 25.2 Å². The molecule has 0 aromatic carbocycles. The van der Waals surface area contributed by atoms with E-state index in [0.717, 1.165) is 19.3 Å². The molecule has 0 spiro atoms. The Morgan fingerprint density at radius 3 is 2.27 bits per heavy atom. The van der Waals surface area contributed by atoms with Crippen molar-refractivity contribution in [2.24, 2.45) is 0 Å². The molecule has 3 nitrogen and oxygen atoms in total. The van der Waals surface area contributed by atoms with Gasteiger partial charge in [-0.2, -0.15) is 0 Å². The lowest BCUT2D eigenvalue weighted by molar-refractivity contribution is 0.295. The molecular formula is C10H20BrNO2S. The van der Waals surface area contributed by atoms with E-state index in [0.29, 0.717) is 4.83 Å². The Kier molecular flexibility index (Phi) is 4.62. The second-order valence-corrected chi connectivity index (χ2v) is 8.20. The van der Waals surface area contributed by atoms with Gasteiger partial charge in [-0.05, 0) is 26.7 Å². The summed E-state index contributed by atoms with van der Waals surface area (Å²) in [6.45, 7) is 3.47. The summed E-state index contributed by atoms with van der Waals surface area (Å²) >= 11 is 3.59. The zero-order valence-electron chi connectivity index (χ0n) is 9.61. The molecular weight excluding hydrogens is 278 g/mol. The number of hydrogen-bond donors (Lipinski definition) is 0. The number of hydrogen-bond acceptors (Lipinski definition) is 2. The average molecular weight is 298 g/mol. The molecule has 1 rings (SSSR count). The highest BCUT2D eigenvalue weighted by molar-refractivity contribution is 9.09. The zero-order chi connectivity index (χ0) is 11.6. The smallest absolute Gasteiger partial charge is 0.212 e. The summed E-state index contributed by atoms with van der Waals surface area (Å²) in [7, 11) is -1.40. The van der Waals surface area contributed by atoms with Crippen LogP contribution in [0.25, 0.3) is 0 Å². The molecule has 0 amide bonds. The molecule has 5 heteroatoms. The second kappa shape index (κ2) is 5.15. The van der Waals surface area contributed by atoms with Crippen molar-refractivity contribution in [3.05, 3.63) is 0 Å². The average Bonchev–Trinajstić information content (AvgIpc) is 2.17. The largest absolute Gasteiger partial charge is 0.216 e. The van der Waals surface area contributed by atoms with Crippen LogP contribution in [0.5, 0.6) is 0 Å². The first-order valence-electron chi connectivity index (χ1n) is 5.48. The first-order chi connectivity index (χ1) is 6.87. The topological polar surface area (TPSA) is 37.4 Å². The van der Waals surface area contributed by atoms with Gasteiger partial charge in [0.25, 0.3) is 0 Å². The van der Waals surface area contributed by atoms with Crippen molar-refractivity contribution in [3.63, 3.8) is 0 Å². The summed E-state index contributed by atoms with van der Waals surface area (Å²) in [6.07, 6.45) is 4.37. The van der Waals surface area contributed by atoms with Crippen LogP contribution in [0.4, 0.5) is 0 Å². The molecule has 0 bridgehead atoms. The minimum Gasteiger partial charge on any atom is -0.212 e. The lowest BCUT2D eigenvalue weighted by Crippen LogP contribution is -2.46. The quantitative estimate of drug-likeness (QED) is 0.750. The van der Waals surface area contributed by atoms with E-state index in [2.05, 4.69) is 15.9 Å². The standard InChI is InChI=1S/C10H20BrNO2S/c1-8(2)15(13,14)12(3)10-7-5-4-6-9(10)11/h8-10H,4-7H2,1-3H3. The molecule has 15 heavy (non-hydrogen) atoms. The maximum absolute atomic E-state index is 12.0. The summed E-state index contributed by atoms with van der Waals surface area (Å²) in [5.74, 6) is 0. The van der Waals surface area contributed by atoms with Crippen LogP contribution in [0.2, 0.25) is 0 Å². The third kappa shape index (κ3) is 2.94. The molecule has 2 atom stereocenters. The Balaban J connectivity index is 2.79. The number of alkyl halides is 1. The highest BCUT2D eigenvalue weighted by Crippen LogP contribution is 2.29. The minimum absolute atomic E-state index is 0.131. The fourth-order valence-corrected chi connectivity index (χ4v) is 4.39. The van der Waals surface area contributed by atoms with Crippen LogP contribution in [-0.2, 0) is 10.0 Å². The molecule has 1 aliphatic carbocycles. The first-order valence-corrected chi connectivity index (χ1v) is 7.90. The second-order valence-electron chi connectivity index (χ2n) is 4.48. The molecule has 0 radical (unpaired) electrons. The van der Waals surface area contributed by atoms with Gasteiger partial charge in [-0.1, -0.05) is 28.8 Å². The van der Waals surface area contributed by atoms with Gasteiger partial charge in [0, 0.05) is 17.9 Å². The van der Waals surface area contributed by atoms with Crippen molar-refractivity contribution >= 4 is 26.0 Å². The van der Waals surface area contributed by atoms with Gasteiger partial charge in [-0.15, -0.1) is 0 Å². The van der Waals surface area contributed by atoms with Gasteiger partial charge < -0.3 is 0 Å². The van der Waals surface area contributed by atoms with Gasteiger partial charge >= 0.3 is 0 Å². The Bertz CT molecular complexity index is 303. The van der Waals surface area contributed by atoms with Crippen molar-refractivity contribution < 1.29 is 8.42 Å². The third-order valence-corrected chi connectivity index (χ3v) is 6.44. The van der Waals surface area contributed by atoms with Gasteiger partial charge in [0.1, 0.15) is 0 Å². The first kappa shape index (κ1) is 13.5. The molecule has 0 aromatic rings. The fraction of sp³-hybridized carbons (Fsp3) is 1.00. The molecule has 0 aromatic heterocycles. The summed E-state index contributed by atoms with van der Waals surface area (Å²) in [5.41, 5.74) is 0. The zero-order valence-corrected chi connectivity index (χ0v) is 12.0. The van der Waals surface area contributed by atoms with E-state index in [1.165, 1.54) is 6.42 Å². The predicted octanol–water partition coefficient (Wildman–Crippen LogP) is 2.36. The van der Waals surface area contributed by atoms with E-state index in [-0.39, 0.29) is 11.3 Å². The van der Waals surface area contributed by atoms with E-state index in [9.17, 15) is 8.42 Å². The molecule has 1 saturated carbocycles. The highest BCUT2D eigenvalue weighted by atomic mass is 79.9. The Hall–Kier alpha value is 0.390. The van der Waals surface area contributed by atoms with Crippen LogP contribution in [0.15, 0.2) is 0 Å². The molecule has 0 aliphatic heterocycles. The van der Waals surface area contributed by atoms with Crippen LogP contribution in [0.1, 0.15) is 39.5 Å². The van der Waals surface area contributed by atoms with Crippen LogP contribution in [-0.4, -0.2) is 35.9 Å². The summed E-state index contributed by atoms with van der Waals surface area (Å²) in [5, 5.41) is -0.330. The lowest BCUT2D eigenvalue weighted by Gasteiger charge is -2.35. The van der Waals surface area contributed by atoms with Crippen LogP contribution in [0.3, 0.4) is 0 Å². The van der Waals surface area contributed by atoms with Crippen molar-refractivity contribution in [2.75, 3.05) is 7.05 Å². The van der Waals surface area contributed by atoms with Gasteiger partial charge in [-0.25, -0.2) is 12.7 Å². The van der Waals surface area contributed by atoms with Gasteiger partial charge in [0.05, 0.1) is 5.25 Å². The summed E-state index contributed by atoms with van der Waals surface area (Å²) < 4.78 is 25.5. The number of rotatable bonds is 3. The summed E-state index contributed by atoms with van der Waals surface area (Å²) in [6, 6.07) is 0.131. The van der Waals surface area contributed by atoms with E-state index in [4.69, 9.17) is 0 Å². The maximum Gasteiger partial charge on any atom is 0.216 e. The number of halogens is 1. The normalized spacial score (nSPS) is 28.7. The fourth-order valence-electron chi connectivity index (χ4n) is 2.00. The molecule has 0 heterocycles. The van der Waals surface area contributed by atoms with E-state index >= 15 is 0 Å². The van der Waals surface area contributed by atoms with Crippen LogP contribution < -0.4 is 0 Å². The monoisotopic (exact) mass is 297 g/mol. The van der Waals surface area contributed by atoms with Crippen molar-refractivity contribution in [1.82, 2.24) is 4.31 Å². The van der Waals surface area contributed by atoms with E-state index < -0.39 is 10.0 Å². The lowest BCUT2D eigenvalue weighted by atomic mass is 9.96. The Morgan fingerprint density at radius 2 is 1.80 bits per heavy atom. The van der Waals surface area contributed by atoms with Gasteiger partial charge in [0.2, 0.25) is 10.0 Å². The maximum atomic E-state index is 12.0. The molecule has 90 valence electrons. The van der Waals surface area contributed by atoms with E-state index in [1.807, 2.05) is 0 Å². The van der Waals surface area contributed by atoms with Crippen molar-refractivity contribution in [3.8, 4) is 0 Å². The number of nitrogens with zero attached hydrogens (tertiary/aromatic N) is 1. The Morgan fingerprint density at radius 1 is 1.27 bits per heavy atom. The summed E-state index contributed by atoms with van der Waals surface area (Å²) in [4.78, 5) is 0.310. The van der Waals surface area contributed by atoms with Crippen molar-refractivity contribution in [2.45, 2.75) is 55.6 Å². The third-order valence-electron chi connectivity index (χ3n) is 3.11. The molecule has 0 N–H and O–H groups in total. The SMILES string of the molecule is CC(C)S(=O)(=O)N(C)C1CCCCC1Br. The highest BCUT2D eigenvalue weighted by Gasteiger charge is 2.34. The molecule has 0 saturated heterocycles. The number of sulfonamides is 1. The van der Waals surface area contributed by atoms with Gasteiger partial charge in [0.15, 0.2) is 0 Å². The van der Waals surface area contributed by atoms with Crippen molar-refractivity contribution in [1.29, 1.82) is 0 Å². The minimum atomic E-state index is -3.11. The van der Waals surface area contributed by atoms with Crippen LogP contribution >= 0.6 is 15.9 Å².